The van der Waals surface area contributed by atoms with Crippen molar-refractivity contribution in [2.24, 2.45) is 10.4 Å². The van der Waals surface area contributed by atoms with E-state index in [1.54, 1.807) is 13.8 Å². The zero-order valence-electron chi connectivity index (χ0n) is 19.0. The molecule has 5 aliphatic heterocycles. The summed E-state index contributed by atoms with van der Waals surface area (Å²) >= 11 is 0. The van der Waals surface area contributed by atoms with Crippen LogP contribution in [0.1, 0.15) is 36.3 Å². The third kappa shape index (κ3) is 3.26. The lowest BCUT2D eigenvalue weighted by molar-refractivity contribution is -0.127. The van der Waals surface area contributed by atoms with Crippen LogP contribution in [0.2, 0.25) is 0 Å². The number of rotatable bonds is 4. The Hall–Kier alpha value is -3.14. The fourth-order valence-corrected chi connectivity index (χ4v) is 5.19. The molecule has 34 heavy (non-hydrogen) atoms. The number of pyridine rings is 1. The van der Waals surface area contributed by atoms with E-state index in [0.717, 1.165) is 68.4 Å². The van der Waals surface area contributed by atoms with Gasteiger partial charge in [0.15, 0.2) is 5.49 Å². The predicted octanol–water partition coefficient (Wildman–Crippen LogP) is 3.69. The fraction of sp³-hybridized carbons (Fsp3) is 0.458. The standard InChI is InChI=1S/C24H25F3N6O/c1-13(15-4-3-5-16(19(15)25)20(26)27)29-21-17-8-18(32-9-24(10-32)11-34-12-24)23-28-6-7-33(23)22(17)31-14(2)30-21/h3-5,8,13,20,28H,6-7,9-12H2,1-2H3/t13-/m1/s1. The molecule has 2 saturated heterocycles. The molecular weight excluding hydrogens is 445 g/mol. The van der Waals surface area contributed by atoms with Crippen molar-refractivity contribution in [3.63, 3.8) is 0 Å². The van der Waals surface area contributed by atoms with Gasteiger partial charge in [-0.25, -0.2) is 23.1 Å². The normalized spacial score (nSPS) is 19.8. The number of hydrogen-bond acceptors (Lipinski definition) is 6. The number of nitrogens with one attached hydrogen (secondary N) is 1. The van der Waals surface area contributed by atoms with E-state index < -0.39 is 23.8 Å². The number of nitrogens with zero attached hydrogens (tertiary/aromatic N) is 5. The van der Waals surface area contributed by atoms with Gasteiger partial charge in [-0.15, -0.1) is 0 Å². The quantitative estimate of drug-likeness (QED) is 0.630. The number of halogens is 3. The summed E-state index contributed by atoms with van der Waals surface area (Å²) < 4.78 is 48.8. The second-order valence-electron chi connectivity index (χ2n) is 9.49. The maximum absolute atomic E-state index is 14.8. The van der Waals surface area contributed by atoms with Crippen molar-refractivity contribution in [2.75, 3.05) is 43.1 Å². The summed E-state index contributed by atoms with van der Waals surface area (Å²) in [5.74, 6) is 1.41. The molecule has 1 atom stereocenters. The monoisotopic (exact) mass is 470 g/mol. The van der Waals surface area contributed by atoms with E-state index in [2.05, 4.69) is 24.8 Å². The highest BCUT2D eigenvalue weighted by atomic mass is 19.3. The number of hydrogen-bond donors (Lipinski definition) is 1. The fourth-order valence-electron chi connectivity index (χ4n) is 5.19. The maximum atomic E-state index is 14.8. The van der Waals surface area contributed by atoms with Gasteiger partial charge in [-0.1, -0.05) is 18.2 Å². The Morgan fingerprint density at radius 3 is 2.65 bits per heavy atom. The molecule has 0 aliphatic carbocycles. The first-order valence-electron chi connectivity index (χ1n) is 11.4. The van der Waals surface area contributed by atoms with Crippen LogP contribution in [0.25, 0.3) is 11.4 Å². The molecule has 0 amide bonds. The molecule has 1 N–H and O–H groups in total. The van der Waals surface area contributed by atoms with Crippen molar-refractivity contribution >= 4 is 11.5 Å². The van der Waals surface area contributed by atoms with E-state index in [-0.39, 0.29) is 11.0 Å². The van der Waals surface area contributed by atoms with Gasteiger partial charge < -0.3 is 19.5 Å². The molecule has 0 unspecified atom stereocenters. The summed E-state index contributed by atoms with van der Waals surface area (Å²) in [6, 6.07) is 5.38. The van der Waals surface area contributed by atoms with Gasteiger partial charge in [0, 0.05) is 31.7 Å². The van der Waals surface area contributed by atoms with Crippen molar-refractivity contribution in [1.29, 1.82) is 0 Å². The smallest absolute Gasteiger partial charge is 0.266 e. The van der Waals surface area contributed by atoms with E-state index >= 15 is 0 Å². The summed E-state index contributed by atoms with van der Waals surface area (Å²) in [5.41, 5.74) is 2.01. The Morgan fingerprint density at radius 1 is 1.18 bits per heavy atom. The maximum Gasteiger partial charge on any atom is 0.266 e. The average Bonchev–Trinajstić information content (AvgIpc) is 3.22. The first-order chi connectivity index (χ1) is 16.3. The van der Waals surface area contributed by atoms with Crippen LogP contribution in [0.3, 0.4) is 0 Å². The number of anilines is 2. The van der Waals surface area contributed by atoms with Crippen LogP contribution in [-0.2, 0) is 11.3 Å². The van der Waals surface area contributed by atoms with E-state index in [4.69, 9.17) is 9.73 Å². The Morgan fingerprint density at radius 2 is 1.94 bits per heavy atom. The molecule has 1 aromatic carbocycles. The SMILES string of the molecule is Cc1nc2n3c(c(N4CC5(COC5)C4)cc-2c(=N[C@H](C)c2cccc(C(F)F)c2F)n1)NCC3. The molecule has 0 radical (unpaired) electrons. The Balaban J connectivity index is 1.47. The number of aromatic nitrogens is 3. The average molecular weight is 470 g/mol. The van der Waals surface area contributed by atoms with Gasteiger partial charge in [0.1, 0.15) is 23.3 Å². The third-order valence-electron chi connectivity index (χ3n) is 6.96. The van der Waals surface area contributed by atoms with Crippen molar-refractivity contribution in [1.82, 2.24) is 14.5 Å². The topological polar surface area (TPSA) is 67.6 Å². The molecule has 0 bridgehead atoms. The third-order valence-corrected chi connectivity index (χ3v) is 6.96. The molecule has 5 aliphatic rings. The molecule has 2 fully saturated rings. The lowest BCUT2D eigenvalue weighted by Crippen LogP contribution is -2.66. The van der Waals surface area contributed by atoms with E-state index in [1.807, 2.05) is 6.07 Å². The molecule has 0 saturated carbocycles. The number of alkyl halides is 2. The molecule has 10 heteroatoms. The highest BCUT2D eigenvalue weighted by Gasteiger charge is 2.50. The summed E-state index contributed by atoms with van der Waals surface area (Å²) in [6.07, 6.45) is -2.88. The minimum absolute atomic E-state index is 0.118. The van der Waals surface area contributed by atoms with E-state index in [1.165, 1.54) is 12.1 Å². The van der Waals surface area contributed by atoms with E-state index in [0.29, 0.717) is 11.3 Å². The van der Waals surface area contributed by atoms with Crippen molar-refractivity contribution < 1.29 is 17.9 Å². The lowest BCUT2D eigenvalue weighted by atomic mass is 9.77. The van der Waals surface area contributed by atoms with E-state index in [9.17, 15) is 13.2 Å². The van der Waals surface area contributed by atoms with Gasteiger partial charge >= 0.3 is 0 Å². The molecule has 0 aromatic heterocycles. The first-order valence-corrected chi connectivity index (χ1v) is 11.4. The van der Waals surface area contributed by atoms with Gasteiger partial charge in [0.05, 0.1) is 41.5 Å². The number of benzene rings is 1. The second-order valence-corrected chi connectivity index (χ2v) is 9.49. The van der Waals surface area contributed by atoms with Gasteiger partial charge in [-0.2, -0.15) is 0 Å². The van der Waals surface area contributed by atoms with Crippen LogP contribution < -0.4 is 15.7 Å². The van der Waals surface area contributed by atoms with Crippen LogP contribution in [-0.4, -0.2) is 47.4 Å². The number of aryl methyl sites for hydroxylation is 1. The summed E-state index contributed by atoms with van der Waals surface area (Å²) in [4.78, 5) is 16.3. The van der Waals surface area contributed by atoms with Gasteiger partial charge in [0.25, 0.3) is 6.43 Å². The summed E-state index contributed by atoms with van der Waals surface area (Å²) in [5, 5.41) is 3.48. The second kappa shape index (κ2) is 7.69. The summed E-state index contributed by atoms with van der Waals surface area (Å²) in [7, 11) is 0. The molecule has 1 aromatic rings. The minimum Gasteiger partial charge on any atom is -0.380 e. The van der Waals surface area contributed by atoms with Gasteiger partial charge in [0.2, 0.25) is 0 Å². The van der Waals surface area contributed by atoms with Crippen molar-refractivity contribution in [3.05, 3.63) is 52.5 Å². The number of ether oxygens (including phenoxy) is 1. The molecule has 5 heterocycles. The minimum atomic E-state index is -2.88. The van der Waals surface area contributed by atoms with Crippen LogP contribution in [0, 0.1) is 18.2 Å². The largest absolute Gasteiger partial charge is 0.380 e. The Labute approximate surface area is 194 Å². The van der Waals surface area contributed by atoms with Crippen LogP contribution in [0.4, 0.5) is 24.7 Å². The van der Waals surface area contributed by atoms with Crippen LogP contribution in [0.15, 0.2) is 29.3 Å². The van der Waals surface area contributed by atoms with Crippen LogP contribution in [0.5, 0.6) is 0 Å². The number of fused-ring (bicyclic) bond motifs is 3. The Bertz CT molecular complexity index is 1310. The molecule has 1 spiro atoms. The molecule has 6 rings (SSSR count). The zero-order valence-corrected chi connectivity index (χ0v) is 19.0. The van der Waals surface area contributed by atoms with Gasteiger partial charge in [-0.3, -0.25) is 4.99 Å². The molecular formula is C24H25F3N6O. The highest BCUT2D eigenvalue weighted by Crippen LogP contribution is 2.44. The predicted molar refractivity (Wildman–Crippen MR) is 121 cm³/mol. The highest BCUT2D eigenvalue weighted by molar-refractivity contribution is 5.78. The Kier molecular flexibility index (Phi) is 4.84. The van der Waals surface area contributed by atoms with Gasteiger partial charge in [-0.05, 0) is 19.9 Å². The zero-order chi connectivity index (χ0) is 23.6. The lowest BCUT2D eigenvalue weighted by Gasteiger charge is -2.56. The van der Waals surface area contributed by atoms with Crippen LogP contribution >= 0.6 is 0 Å². The van der Waals surface area contributed by atoms with Crippen molar-refractivity contribution in [2.45, 2.75) is 32.9 Å². The molecule has 7 nitrogen and oxygen atoms in total. The summed E-state index contributed by atoms with van der Waals surface area (Å²) in [6.45, 7) is 8.48. The first kappa shape index (κ1) is 21.4. The van der Waals surface area contributed by atoms with Crippen molar-refractivity contribution in [3.8, 4) is 11.4 Å². The molecule has 178 valence electrons.